The standard InChI is InChI=1S/C16H22N2O3S/c1-12(19)16-14-9-5-6-10-15(14)18(22(20,21)17-16)11-13-7-3-2-4-8-13/h2-4,7-8,14-17H,5-6,9-11H2,1H3/t14-,15-,16+/m1/s1. The van der Waals surface area contributed by atoms with Crippen LogP contribution >= 0.6 is 0 Å². The van der Waals surface area contributed by atoms with Gasteiger partial charge in [-0.05, 0) is 31.2 Å². The SMILES string of the molecule is CC(=O)[C@@H]1NS(=O)(=O)N(Cc2ccccc2)[C@@H]2CCCC[C@H]21. The third-order valence-corrected chi connectivity index (χ3v) is 6.35. The van der Waals surface area contributed by atoms with Crippen molar-refractivity contribution in [1.29, 1.82) is 0 Å². The van der Waals surface area contributed by atoms with Crippen LogP contribution in [-0.2, 0) is 21.5 Å². The van der Waals surface area contributed by atoms with E-state index in [-0.39, 0.29) is 17.7 Å². The molecule has 0 spiro atoms. The van der Waals surface area contributed by atoms with Crippen molar-refractivity contribution in [2.75, 3.05) is 0 Å². The van der Waals surface area contributed by atoms with Crippen LogP contribution in [0.5, 0.6) is 0 Å². The van der Waals surface area contributed by atoms with Gasteiger partial charge in [0.25, 0.3) is 10.2 Å². The molecule has 6 heteroatoms. The van der Waals surface area contributed by atoms with Crippen molar-refractivity contribution in [2.45, 2.75) is 51.2 Å². The maximum absolute atomic E-state index is 12.6. The first-order valence-corrected chi connectivity index (χ1v) is 9.26. The fraction of sp³-hybridized carbons (Fsp3) is 0.562. The van der Waals surface area contributed by atoms with Gasteiger partial charge in [-0.1, -0.05) is 43.2 Å². The summed E-state index contributed by atoms with van der Waals surface area (Å²) in [7, 11) is -3.62. The fourth-order valence-electron chi connectivity index (χ4n) is 3.73. The molecule has 1 aromatic carbocycles. The van der Waals surface area contributed by atoms with Crippen molar-refractivity contribution in [3.8, 4) is 0 Å². The zero-order valence-electron chi connectivity index (χ0n) is 12.7. The Bertz CT molecular complexity index is 645. The second-order valence-corrected chi connectivity index (χ2v) is 7.91. The van der Waals surface area contributed by atoms with Gasteiger partial charge in [0, 0.05) is 12.6 Å². The molecular weight excluding hydrogens is 300 g/mol. The molecule has 22 heavy (non-hydrogen) atoms. The number of fused-ring (bicyclic) bond motifs is 1. The van der Waals surface area contributed by atoms with Crippen LogP contribution in [0.25, 0.3) is 0 Å². The maximum atomic E-state index is 12.6. The summed E-state index contributed by atoms with van der Waals surface area (Å²) in [5.74, 6) is -0.00155. The topological polar surface area (TPSA) is 66.5 Å². The summed E-state index contributed by atoms with van der Waals surface area (Å²) in [6.07, 6.45) is 3.82. The van der Waals surface area contributed by atoms with E-state index in [4.69, 9.17) is 0 Å². The number of rotatable bonds is 3. The molecule has 0 aromatic heterocycles. The van der Waals surface area contributed by atoms with E-state index in [1.807, 2.05) is 30.3 Å². The van der Waals surface area contributed by atoms with Crippen molar-refractivity contribution in [2.24, 2.45) is 5.92 Å². The Hall–Kier alpha value is -1.24. The van der Waals surface area contributed by atoms with Crippen LogP contribution in [0.3, 0.4) is 0 Å². The summed E-state index contributed by atoms with van der Waals surface area (Å²) < 4.78 is 29.4. The number of nitrogens with one attached hydrogen (secondary N) is 1. The molecule has 5 nitrogen and oxygen atoms in total. The van der Waals surface area contributed by atoms with Gasteiger partial charge in [0.1, 0.15) is 5.78 Å². The molecule has 1 aliphatic heterocycles. The number of hydrogen-bond donors (Lipinski definition) is 1. The van der Waals surface area contributed by atoms with E-state index in [1.165, 1.54) is 6.92 Å². The predicted molar refractivity (Wildman–Crippen MR) is 84.3 cm³/mol. The Balaban J connectivity index is 1.92. The van der Waals surface area contributed by atoms with E-state index in [0.717, 1.165) is 31.2 Å². The van der Waals surface area contributed by atoms with E-state index in [1.54, 1.807) is 4.31 Å². The van der Waals surface area contributed by atoms with Gasteiger partial charge in [-0.2, -0.15) is 17.4 Å². The predicted octanol–water partition coefficient (Wildman–Crippen LogP) is 1.85. The highest BCUT2D eigenvalue weighted by atomic mass is 32.2. The lowest BCUT2D eigenvalue weighted by atomic mass is 9.78. The van der Waals surface area contributed by atoms with Crippen LogP contribution in [0.4, 0.5) is 0 Å². The number of nitrogens with zero attached hydrogens (tertiary/aromatic N) is 1. The summed E-state index contributed by atoms with van der Waals surface area (Å²) in [5.41, 5.74) is 0.971. The number of Topliss-reactive ketones (excluding diaryl/α,β-unsaturated/α-hetero) is 1. The average molecular weight is 322 g/mol. The largest absolute Gasteiger partial charge is 0.298 e. The lowest BCUT2D eigenvalue weighted by molar-refractivity contribution is -0.121. The second-order valence-electron chi connectivity index (χ2n) is 6.26. The quantitative estimate of drug-likeness (QED) is 0.923. The maximum Gasteiger partial charge on any atom is 0.280 e. The molecule has 1 saturated carbocycles. The second kappa shape index (κ2) is 6.10. The molecular formula is C16H22N2O3S. The van der Waals surface area contributed by atoms with Gasteiger partial charge in [-0.15, -0.1) is 0 Å². The summed E-state index contributed by atoms with van der Waals surface area (Å²) in [5, 5.41) is 0. The Labute approximate surface area is 131 Å². The van der Waals surface area contributed by atoms with Gasteiger partial charge in [-0.3, -0.25) is 4.79 Å². The van der Waals surface area contributed by atoms with Gasteiger partial charge >= 0.3 is 0 Å². The molecule has 0 amide bonds. The van der Waals surface area contributed by atoms with Crippen LogP contribution in [-0.4, -0.2) is 30.6 Å². The molecule has 120 valence electrons. The van der Waals surface area contributed by atoms with Crippen LogP contribution in [0, 0.1) is 5.92 Å². The number of benzene rings is 1. The number of ketones is 1. The Morgan fingerprint density at radius 1 is 1.23 bits per heavy atom. The normalized spacial score (nSPS) is 31.4. The van der Waals surface area contributed by atoms with Gasteiger partial charge in [-0.25, -0.2) is 0 Å². The van der Waals surface area contributed by atoms with Crippen LogP contribution < -0.4 is 4.72 Å². The molecule has 0 bridgehead atoms. The van der Waals surface area contributed by atoms with Crippen molar-refractivity contribution >= 4 is 16.0 Å². The molecule has 1 aliphatic carbocycles. The van der Waals surface area contributed by atoms with E-state index in [0.29, 0.717) is 6.54 Å². The Morgan fingerprint density at radius 3 is 2.59 bits per heavy atom. The monoisotopic (exact) mass is 322 g/mol. The summed E-state index contributed by atoms with van der Waals surface area (Å²) in [4.78, 5) is 11.9. The van der Waals surface area contributed by atoms with E-state index < -0.39 is 16.3 Å². The summed E-state index contributed by atoms with van der Waals surface area (Å²) >= 11 is 0. The molecule has 2 fully saturated rings. The zero-order valence-corrected chi connectivity index (χ0v) is 13.6. The van der Waals surface area contributed by atoms with Crippen molar-refractivity contribution in [3.63, 3.8) is 0 Å². The van der Waals surface area contributed by atoms with Gasteiger partial charge in [0.2, 0.25) is 0 Å². The highest BCUT2D eigenvalue weighted by Gasteiger charge is 2.47. The molecule has 1 N–H and O–H groups in total. The number of carbonyl (C=O) groups excluding carboxylic acids is 1. The van der Waals surface area contributed by atoms with E-state index in [9.17, 15) is 13.2 Å². The average Bonchev–Trinajstić information content (AvgIpc) is 2.50. The highest BCUT2D eigenvalue weighted by molar-refractivity contribution is 7.87. The molecule has 0 radical (unpaired) electrons. The van der Waals surface area contributed by atoms with E-state index in [2.05, 4.69) is 4.72 Å². The third kappa shape index (κ3) is 2.95. The van der Waals surface area contributed by atoms with Gasteiger partial charge < -0.3 is 0 Å². The van der Waals surface area contributed by atoms with Crippen molar-refractivity contribution < 1.29 is 13.2 Å². The first kappa shape index (κ1) is 15.6. The van der Waals surface area contributed by atoms with Crippen molar-refractivity contribution in [1.82, 2.24) is 9.03 Å². The molecule has 1 saturated heterocycles. The zero-order chi connectivity index (χ0) is 15.7. The Morgan fingerprint density at radius 2 is 1.91 bits per heavy atom. The van der Waals surface area contributed by atoms with Crippen LogP contribution in [0.2, 0.25) is 0 Å². The van der Waals surface area contributed by atoms with Crippen LogP contribution in [0.1, 0.15) is 38.2 Å². The van der Waals surface area contributed by atoms with Gasteiger partial charge in [0.05, 0.1) is 6.04 Å². The number of hydrogen-bond acceptors (Lipinski definition) is 3. The van der Waals surface area contributed by atoms with E-state index >= 15 is 0 Å². The Kier molecular flexibility index (Phi) is 4.34. The smallest absolute Gasteiger partial charge is 0.280 e. The number of carbonyl (C=O) groups is 1. The summed E-state index contributed by atoms with van der Waals surface area (Å²) in [6.45, 7) is 1.84. The lowest BCUT2D eigenvalue weighted by Crippen LogP contribution is -2.64. The van der Waals surface area contributed by atoms with Crippen molar-refractivity contribution in [3.05, 3.63) is 35.9 Å². The minimum Gasteiger partial charge on any atom is -0.298 e. The minimum absolute atomic E-state index is 0.0749. The molecule has 1 heterocycles. The third-order valence-electron chi connectivity index (χ3n) is 4.78. The fourth-order valence-corrected chi connectivity index (χ4v) is 5.46. The van der Waals surface area contributed by atoms with Crippen LogP contribution in [0.15, 0.2) is 30.3 Å². The molecule has 1 aromatic rings. The molecule has 3 atom stereocenters. The molecule has 2 aliphatic rings. The first-order chi connectivity index (χ1) is 10.5. The highest BCUT2D eigenvalue weighted by Crippen LogP contribution is 2.36. The molecule has 3 rings (SSSR count). The summed E-state index contributed by atoms with van der Waals surface area (Å²) in [6, 6.07) is 8.97. The van der Waals surface area contributed by atoms with Gasteiger partial charge in [0.15, 0.2) is 0 Å². The molecule has 0 unspecified atom stereocenters. The lowest BCUT2D eigenvalue weighted by Gasteiger charge is -2.46. The minimum atomic E-state index is -3.62. The first-order valence-electron chi connectivity index (χ1n) is 7.82.